The fourth-order valence-electron chi connectivity index (χ4n) is 1.01. The van der Waals surface area contributed by atoms with Crippen molar-refractivity contribution in [3.63, 3.8) is 0 Å². The van der Waals surface area contributed by atoms with E-state index in [0.717, 1.165) is 0 Å². The molecule has 0 aliphatic rings. The first kappa shape index (κ1) is 13.4. The largest absolute Gasteiger partial charge is 0.480 e. The Bertz CT molecular complexity index is 280. The number of carbonyl (C=O) groups is 2. The van der Waals surface area contributed by atoms with E-state index in [-0.39, 0.29) is 18.5 Å². The highest BCUT2D eigenvalue weighted by molar-refractivity contribution is 5.90. The number of carboxylic acids is 1. The van der Waals surface area contributed by atoms with E-state index in [2.05, 4.69) is 0 Å². The first-order chi connectivity index (χ1) is 6.99. The summed E-state index contributed by atoms with van der Waals surface area (Å²) in [6, 6.07) is -0.121. The highest BCUT2D eigenvalue weighted by atomic mass is 16.4. The number of carbonyl (C=O) groups excluding carboxylic acids is 1. The molecule has 1 N–H and O–H groups in total. The molecule has 0 fully saturated rings. The van der Waals surface area contributed by atoms with Crippen molar-refractivity contribution in [3.8, 4) is 0 Å². The summed E-state index contributed by atoms with van der Waals surface area (Å²) in [5.74, 6) is -1.29. The van der Waals surface area contributed by atoms with Gasteiger partial charge in [0.15, 0.2) is 0 Å². The molecule has 0 bridgehead atoms. The van der Waals surface area contributed by atoms with Gasteiger partial charge in [0.2, 0.25) is 5.91 Å². The molecule has 0 radical (unpaired) electrons. The first-order valence-electron chi connectivity index (χ1n) is 4.80. The van der Waals surface area contributed by atoms with Crippen molar-refractivity contribution in [2.45, 2.75) is 26.8 Å². The van der Waals surface area contributed by atoms with E-state index < -0.39 is 5.97 Å². The van der Waals surface area contributed by atoms with Crippen molar-refractivity contribution in [1.82, 2.24) is 4.90 Å². The van der Waals surface area contributed by atoms with Crippen LogP contribution in [0, 0.1) is 0 Å². The molecule has 4 heteroatoms. The van der Waals surface area contributed by atoms with Crippen LogP contribution in [-0.2, 0) is 9.59 Å². The number of carboxylic acid groups (broad SMARTS) is 1. The molecule has 0 aliphatic heterocycles. The Morgan fingerprint density at radius 3 is 2.33 bits per heavy atom. The van der Waals surface area contributed by atoms with Crippen LogP contribution in [0.3, 0.4) is 0 Å². The highest BCUT2D eigenvalue weighted by Crippen LogP contribution is 1.99. The zero-order chi connectivity index (χ0) is 11.8. The monoisotopic (exact) mass is 211 g/mol. The third kappa shape index (κ3) is 5.67. The van der Waals surface area contributed by atoms with Crippen molar-refractivity contribution >= 4 is 11.9 Å². The predicted molar refractivity (Wildman–Crippen MR) is 58.4 cm³/mol. The summed E-state index contributed by atoms with van der Waals surface area (Å²) in [4.78, 5) is 23.3. The molecular formula is C11H17NO3. The van der Waals surface area contributed by atoms with Crippen molar-refractivity contribution in [1.29, 1.82) is 0 Å². The topological polar surface area (TPSA) is 57.6 Å². The molecule has 0 saturated carbocycles. The van der Waals surface area contributed by atoms with Gasteiger partial charge in [0.25, 0.3) is 0 Å². The summed E-state index contributed by atoms with van der Waals surface area (Å²) in [5.41, 5.74) is 0. The average molecular weight is 211 g/mol. The Morgan fingerprint density at radius 2 is 1.93 bits per heavy atom. The number of rotatable bonds is 5. The zero-order valence-electron chi connectivity index (χ0n) is 9.30. The lowest BCUT2D eigenvalue weighted by atomic mass is 10.3. The molecular weight excluding hydrogens is 194 g/mol. The van der Waals surface area contributed by atoms with Crippen LogP contribution in [-0.4, -0.2) is 34.5 Å². The standard InChI is InChI=1S/C11H17NO3/c1-4-5-6-7-10(13)12(9(2)3)8-11(14)15/h4-7,9H,8H2,1-3H3,(H,14,15)/b5-4+,7-6+. The third-order valence-corrected chi connectivity index (χ3v) is 1.75. The molecule has 0 heterocycles. The van der Waals surface area contributed by atoms with Gasteiger partial charge >= 0.3 is 5.97 Å². The van der Waals surface area contributed by atoms with Crippen molar-refractivity contribution in [2.75, 3.05) is 6.54 Å². The van der Waals surface area contributed by atoms with Crippen molar-refractivity contribution in [3.05, 3.63) is 24.3 Å². The summed E-state index contributed by atoms with van der Waals surface area (Å²) in [6.07, 6.45) is 6.47. The fraction of sp³-hybridized carbons (Fsp3) is 0.455. The highest BCUT2D eigenvalue weighted by Gasteiger charge is 2.16. The SMILES string of the molecule is C/C=C/C=C/C(=O)N(CC(=O)O)C(C)C. The van der Waals surface area contributed by atoms with Crippen LogP contribution in [0.25, 0.3) is 0 Å². The lowest BCUT2D eigenvalue weighted by molar-refractivity contribution is -0.143. The molecule has 15 heavy (non-hydrogen) atoms. The minimum Gasteiger partial charge on any atom is -0.480 e. The van der Waals surface area contributed by atoms with E-state index >= 15 is 0 Å². The van der Waals surface area contributed by atoms with Gasteiger partial charge in [0, 0.05) is 12.1 Å². The maximum absolute atomic E-state index is 11.5. The Balaban J connectivity index is 4.49. The van der Waals surface area contributed by atoms with E-state index in [1.807, 2.05) is 6.92 Å². The van der Waals surface area contributed by atoms with Crippen LogP contribution in [0.1, 0.15) is 20.8 Å². The molecule has 0 unspecified atom stereocenters. The predicted octanol–water partition coefficient (Wildman–Crippen LogP) is 1.44. The van der Waals surface area contributed by atoms with Gasteiger partial charge in [0.05, 0.1) is 0 Å². The summed E-state index contributed by atoms with van der Waals surface area (Å²) in [5, 5.41) is 8.62. The van der Waals surface area contributed by atoms with Crippen LogP contribution in [0.4, 0.5) is 0 Å². The zero-order valence-corrected chi connectivity index (χ0v) is 9.30. The van der Waals surface area contributed by atoms with Gasteiger partial charge in [-0.2, -0.15) is 0 Å². The second-order valence-electron chi connectivity index (χ2n) is 3.34. The lowest BCUT2D eigenvalue weighted by Gasteiger charge is -2.23. The van der Waals surface area contributed by atoms with Crippen molar-refractivity contribution < 1.29 is 14.7 Å². The Morgan fingerprint density at radius 1 is 1.33 bits per heavy atom. The van der Waals surface area contributed by atoms with Gasteiger partial charge in [-0.15, -0.1) is 0 Å². The molecule has 0 aromatic rings. The number of hydrogen-bond acceptors (Lipinski definition) is 2. The normalized spacial score (nSPS) is 11.5. The molecule has 0 aliphatic carbocycles. The molecule has 0 atom stereocenters. The van der Waals surface area contributed by atoms with Gasteiger partial charge in [0.1, 0.15) is 6.54 Å². The fourth-order valence-corrected chi connectivity index (χ4v) is 1.01. The summed E-state index contributed by atoms with van der Waals surface area (Å²) >= 11 is 0. The molecule has 0 rings (SSSR count). The second-order valence-corrected chi connectivity index (χ2v) is 3.34. The first-order valence-corrected chi connectivity index (χ1v) is 4.80. The Kier molecular flexibility index (Phi) is 6.09. The minimum atomic E-state index is -1.00. The number of aliphatic carboxylic acids is 1. The van der Waals surface area contributed by atoms with E-state index in [0.29, 0.717) is 0 Å². The second kappa shape index (κ2) is 6.81. The van der Waals surface area contributed by atoms with Gasteiger partial charge in [-0.3, -0.25) is 9.59 Å². The Hall–Kier alpha value is -1.58. The van der Waals surface area contributed by atoms with Gasteiger partial charge < -0.3 is 10.0 Å². The van der Waals surface area contributed by atoms with Crippen LogP contribution < -0.4 is 0 Å². The van der Waals surface area contributed by atoms with Crippen LogP contribution in [0.15, 0.2) is 24.3 Å². The van der Waals surface area contributed by atoms with E-state index in [9.17, 15) is 9.59 Å². The maximum atomic E-state index is 11.5. The quantitative estimate of drug-likeness (QED) is 0.553. The van der Waals surface area contributed by atoms with E-state index in [1.165, 1.54) is 11.0 Å². The average Bonchev–Trinajstić information content (AvgIpc) is 2.13. The van der Waals surface area contributed by atoms with Gasteiger partial charge in [-0.1, -0.05) is 18.2 Å². The molecule has 0 spiro atoms. The van der Waals surface area contributed by atoms with Gasteiger partial charge in [-0.05, 0) is 20.8 Å². The molecule has 4 nitrogen and oxygen atoms in total. The molecule has 1 amide bonds. The van der Waals surface area contributed by atoms with Crippen molar-refractivity contribution in [2.24, 2.45) is 0 Å². The van der Waals surface area contributed by atoms with Gasteiger partial charge in [-0.25, -0.2) is 0 Å². The van der Waals surface area contributed by atoms with Crippen LogP contribution in [0.2, 0.25) is 0 Å². The Labute approximate surface area is 89.9 Å². The number of allylic oxidation sites excluding steroid dienone is 3. The molecule has 0 aromatic heterocycles. The number of hydrogen-bond donors (Lipinski definition) is 1. The molecule has 0 saturated heterocycles. The smallest absolute Gasteiger partial charge is 0.323 e. The summed E-state index contributed by atoms with van der Waals surface area (Å²) < 4.78 is 0. The molecule has 84 valence electrons. The van der Waals surface area contributed by atoms with Crippen LogP contribution in [0.5, 0.6) is 0 Å². The maximum Gasteiger partial charge on any atom is 0.323 e. The molecule has 0 aromatic carbocycles. The minimum absolute atomic E-state index is 0.121. The third-order valence-electron chi connectivity index (χ3n) is 1.75. The summed E-state index contributed by atoms with van der Waals surface area (Å²) in [6.45, 7) is 5.14. The summed E-state index contributed by atoms with van der Waals surface area (Å²) in [7, 11) is 0. The number of amides is 1. The van der Waals surface area contributed by atoms with Crippen LogP contribution >= 0.6 is 0 Å². The number of nitrogens with zero attached hydrogens (tertiary/aromatic N) is 1. The lowest BCUT2D eigenvalue weighted by Crippen LogP contribution is -2.39. The van der Waals surface area contributed by atoms with E-state index in [4.69, 9.17) is 5.11 Å². The van der Waals surface area contributed by atoms with E-state index in [1.54, 1.807) is 32.1 Å².